The van der Waals surface area contributed by atoms with E-state index < -0.39 is 5.97 Å². The molecule has 0 aliphatic heterocycles. The van der Waals surface area contributed by atoms with Gasteiger partial charge in [0.15, 0.2) is 0 Å². The lowest BCUT2D eigenvalue weighted by Gasteiger charge is -2.02. The molecule has 3 aromatic rings. The Morgan fingerprint density at radius 3 is 2.34 bits per heavy atom. The Hall–Kier alpha value is -3.21. The summed E-state index contributed by atoms with van der Waals surface area (Å²) in [4.78, 5) is 38.7. The Balaban J connectivity index is 0.000000178. The van der Waals surface area contributed by atoms with Gasteiger partial charge in [0.25, 0.3) is 0 Å². The van der Waals surface area contributed by atoms with Gasteiger partial charge in [-0.1, -0.05) is 30.8 Å². The predicted molar refractivity (Wildman–Crippen MR) is 148 cm³/mol. The van der Waals surface area contributed by atoms with Gasteiger partial charge in [-0.25, -0.2) is 19.6 Å². The van der Waals surface area contributed by atoms with Crippen LogP contribution >= 0.6 is 22.7 Å². The molecule has 3 aromatic heterocycles. The number of nitrogens with one attached hydrogen (secondary N) is 1. The number of aromatic amines is 1. The van der Waals surface area contributed by atoms with E-state index >= 15 is 0 Å². The normalized spacial score (nSPS) is 16.2. The van der Waals surface area contributed by atoms with Gasteiger partial charge in [0.05, 0.1) is 27.9 Å². The lowest BCUT2D eigenvalue weighted by atomic mass is 10.1. The molecule has 38 heavy (non-hydrogen) atoms. The Labute approximate surface area is 229 Å². The van der Waals surface area contributed by atoms with Gasteiger partial charge in [0.1, 0.15) is 17.0 Å². The highest BCUT2D eigenvalue weighted by Crippen LogP contribution is 2.38. The van der Waals surface area contributed by atoms with E-state index in [1.807, 2.05) is 6.07 Å². The molecule has 12 heteroatoms. The quantitative estimate of drug-likeness (QED) is 0.100. The van der Waals surface area contributed by atoms with E-state index in [1.54, 1.807) is 42.7 Å². The third-order valence-electron chi connectivity index (χ3n) is 6.56. The molecule has 0 aromatic carbocycles. The van der Waals surface area contributed by atoms with Gasteiger partial charge < -0.3 is 14.5 Å². The van der Waals surface area contributed by atoms with E-state index in [-0.39, 0.29) is 18.3 Å². The van der Waals surface area contributed by atoms with Gasteiger partial charge in [0.2, 0.25) is 0 Å². The highest BCUT2D eigenvalue weighted by Gasteiger charge is 2.22. The van der Waals surface area contributed by atoms with Gasteiger partial charge in [-0.3, -0.25) is 0 Å². The first-order valence-electron chi connectivity index (χ1n) is 13.1. The standard InChI is InChI=1S/C13H16N4O2S.C13H16N2O2S/c1-2-19-13(18)11(16-17-14)7-10-8-15-12(20-10)9-5-3-4-6-9;1-2-17-13(16)9-7-10-11(14-9)15-12(18-10)8-5-3-4-6-8/h7-9H,2-6H2,1H3;7-8,14H,2-6H2,1H3/b11-7-;. The Morgan fingerprint density at radius 2 is 1.74 bits per heavy atom. The first-order valence-corrected chi connectivity index (χ1v) is 14.7. The van der Waals surface area contributed by atoms with Crippen molar-refractivity contribution in [3.05, 3.63) is 49.0 Å². The molecule has 0 saturated heterocycles. The molecule has 0 unspecified atom stereocenters. The van der Waals surface area contributed by atoms with Crippen LogP contribution in [0.4, 0.5) is 0 Å². The summed E-state index contributed by atoms with van der Waals surface area (Å²) in [5, 5.41) is 5.70. The molecule has 2 aliphatic carbocycles. The lowest BCUT2D eigenvalue weighted by molar-refractivity contribution is -0.138. The maximum atomic E-state index is 11.6. The summed E-state index contributed by atoms with van der Waals surface area (Å²) in [7, 11) is 0. The zero-order valence-electron chi connectivity index (χ0n) is 21.6. The Bertz CT molecular complexity index is 1290. The minimum absolute atomic E-state index is 0.0315. The van der Waals surface area contributed by atoms with E-state index in [1.165, 1.54) is 62.5 Å². The van der Waals surface area contributed by atoms with E-state index in [4.69, 9.17) is 15.0 Å². The predicted octanol–water partition coefficient (Wildman–Crippen LogP) is 7.47. The van der Waals surface area contributed by atoms with Crippen LogP contribution in [0.1, 0.15) is 102 Å². The molecule has 0 bridgehead atoms. The summed E-state index contributed by atoms with van der Waals surface area (Å²) in [6.45, 7) is 4.15. The van der Waals surface area contributed by atoms with Gasteiger partial charge in [-0.15, -0.1) is 22.7 Å². The highest BCUT2D eigenvalue weighted by atomic mass is 32.1. The van der Waals surface area contributed by atoms with Gasteiger partial charge in [-0.2, -0.15) is 0 Å². The number of carbonyl (C=O) groups is 2. The van der Waals surface area contributed by atoms with E-state index in [0.717, 1.165) is 20.2 Å². The van der Waals surface area contributed by atoms with Crippen molar-refractivity contribution in [1.82, 2.24) is 15.0 Å². The van der Waals surface area contributed by atoms with Crippen LogP contribution in [0.3, 0.4) is 0 Å². The van der Waals surface area contributed by atoms with Crippen molar-refractivity contribution in [2.24, 2.45) is 5.11 Å². The minimum atomic E-state index is -0.610. The molecule has 5 rings (SSSR count). The molecule has 2 aliphatic rings. The van der Waals surface area contributed by atoms with E-state index in [0.29, 0.717) is 24.1 Å². The number of rotatable bonds is 8. The summed E-state index contributed by atoms with van der Waals surface area (Å²) < 4.78 is 10.9. The molecule has 2 fully saturated rings. The van der Waals surface area contributed by atoms with Crippen LogP contribution < -0.4 is 0 Å². The second-order valence-electron chi connectivity index (χ2n) is 9.17. The van der Waals surface area contributed by atoms with Gasteiger partial charge in [0, 0.05) is 27.8 Å². The average molecular weight is 557 g/mol. The molecule has 202 valence electrons. The number of esters is 2. The smallest absolute Gasteiger partial charge is 0.354 e. The summed E-state index contributed by atoms with van der Waals surface area (Å²) in [6.07, 6.45) is 13.2. The van der Waals surface area contributed by atoms with Crippen molar-refractivity contribution in [3.63, 3.8) is 0 Å². The van der Waals surface area contributed by atoms with Crippen LogP contribution in [0.25, 0.3) is 26.9 Å². The van der Waals surface area contributed by atoms with E-state index in [2.05, 4.69) is 25.0 Å². The number of hydrogen-bond acceptors (Lipinski definition) is 9. The molecule has 0 spiro atoms. The zero-order chi connectivity index (χ0) is 26.9. The fraction of sp³-hybridized carbons (Fsp3) is 0.538. The number of aromatic nitrogens is 3. The van der Waals surface area contributed by atoms with Crippen molar-refractivity contribution < 1.29 is 19.1 Å². The summed E-state index contributed by atoms with van der Waals surface area (Å²) in [5.41, 5.74) is 9.80. The molecule has 0 amide bonds. The number of fused-ring (bicyclic) bond motifs is 1. The monoisotopic (exact) mass is 556 g/mol. The van der Waals surface area contributed by atoms with Gasteiger partial charge >= 0.3 is 11.9 Å². The van der Waals surface area contributed by atoms with Crippen LogP contribution in [0.15, 0.2) is 23.1 Å². The van der Waals surface area contributed by atoms with Crippen LogP contribution in [-0.2, 0) is 14.3 Å². The third kappa shape index (κ3) is 7.00. The van der Waals surface area contributed by atoms with Crippen molar-refractivity contribution in [1.29, 1.82) is 0 Å². The van der Waals surface area contributed by atoms with Crippen LogP contribution in [0.5, 0.6) is 0 Å². The molecule has 3 heterocycles. The van der Waals surface area contributed by atoms with Crippen molar-refractivity contribution in [3.8, 4) is 0 Å². The fourth-order valence-corrected chi connectivity index (χ4v) is 6.90. The molecule has 10 nitrogen and oxygen atoms in total. The molecule has 0 atom stereocenters. The summed E-state index contributed by atoms with van der Waals surface area (Å²) in [5.74, 6) is 0.251. The number of azide groups is 1. The van der Waals surface area contributed by atoms with Crippen molar-refractivity contribution in [2.75, 3.05) is 13.2 Å². The number of thiazole rings is 2. The van der Waals surface area contributed by atoms with Crippen LogP contribution in [-0.4, -0.2) is 40.1 Å². The largest absolute Gasteiger partial charge is 0.462 e. The molecule has 0 radical (unpaired) electrons. The molecule has 2 saturated carbocycles. The second-order valence-corrected chi connectivity index (χ2v) is 11.3. The first kappa shape index (κ1) is 27.8. The SMILES string of the molecule is CCOC(=O)/C(=C/c1cnc(C2CCCC2)s1)N=[N+]=[N-].CCOC(=O)c1cc2sc(C3CCCC3)nc2[nH]1. The third-order valence-corrected chi connectivity index (χ3v) is 8.83. The van der Waals surface area contributed by atoms with Crippen molar-refractivity contribution >= 4 is 51.0 Å². The molecular formula is C26H32N6O4S2. The zero-order valence-corrected chi connectivity index (χ0v) is 23.3. The maximum absolute atomic E-state index is 11.6. The molecular weight excluding hydrogens is 524 g/mol. The Kier molecular flexibility index (Phi) is 9.91. The van der Waals surface area contributed by atoms with Crippen molar-refractivity contribution in [2.45, 2.75) is 77.0 Å². The minimum Gasteiger partial charge on any atom is -0.462 e. The number of ether oxygens (including phenoxy) is 2. The Morgan fingerprint density at radius 1 is 1.08 bits per heavy atom. The van der Waals surface area contributed by atoms with Crippen LogP contribution in [0.2, 0.25) is 0 Å². The lowest BCUT2D eigenvalue weighted by Crippen LogP contribution is -2.05. The number of hydrogen-bond donors (Lipinski definition) is 1. The average Bonchev–Trinajstić information content (AvgIpc) is 3.72. The van der Waals surface area contributed by atoms with Crippen LogP contribution in [0, 0.1) is 0 Å². The number of H-pyrrole nitrogens is 1. The summed E-state index contributed by atoms with van der Waals surface area (Å²) >= 11 is 3.24. The first-order chi connectivity index (χ1) is 18.5. The molecule has 1 N–H and O–H groups in total. The number of carbonyl (C=O) groups excluding carboxylic acids is 2. The summed E-state index contributed by atoms with van der Waals surface area (Å²) in [6, 6.07) is 1.85. The van der Waals surface area contributed by atoms with Gasteiger partial charge in [-0.05, 0) is 57.2 Å². The second kappa shape index (κ2) is 13.5. The topological polar surface area (TPSA) is 143 Å². The highest BCUT2D eigenvalue weighted by molar-refractivity contribution is 7.18. The fourth-order valence-electron chi connectivity index (χ4n) is 4.74. The maximum Gasteiger partial charge on any atom is 0.354 e. The number of nitrogens with zero attached hydrogens (tertiary/aromatic N) is 5. The van der Waals surface area contributed by atoms with E-state index in [9.17, 15) is 9.59 Å².